The Labute approximate surface area is 81.1 Å². The van der Waals surface area contributed by atoms with Gasteiger partial charge < -0.3 is 14.9 Å². The lowest BCUT2D eigenvalue weighted by atomic mass is 9.93. The summed E-state index contributed by atoms with van der Waals surface area (Å²) in [6, 6.07) is 0.0356. The first-order chi connectivity index (χ1) is 6.83. The van der Waals surface area contributed by atoms with Gasteiger partial charge in [-0.05, 0) is 12.8 Å². The molecule has 0 aromatic carbocycles. The first kappa shape index (κ1) is 9.48. The monoisotopic (exact) mass is 198 g/mol. The Kier molecular flexibility index (Phi) is 2.69. The van der Waals surface area contributed by atoms with Crippen molar-refractivity contribution in [1.29, 1.82) is 0 Å². The molecule has 0 fully saturated rings. The molecular weight excluding hydrogens is 184 g/mol. The number of aliphatic hydroxyl groups excluding tert-OH is 1. The van der Waals surface area contributed by atoms with Crippen LogP contribution in [0.4, 0.5) is 0 Å². The molecular formula is C9H14N2O3. The number of nitrogens with one attached hydrogen (secondary N) is 2. The summed E-state index contributed by atoms with van der Waals surface area (Å²) in [5.41, 5.74) is 0.569. The molecule has 78 valence electrons. The number of aromatic amines is 1. The summed E-state index contributed by atoms with van der Waals surface area (Å²) in [7, 11) is 0. The van der Waals surface area contributed by atoms with Gasteiger partial charge in [0.15, 0.2) is 0 Å². The van der Waals surface area contributed by atoms with Crippen LogP contribution in [0.25, 0.3) is 0 Å². The molecule has 1 aromatic heterocycles. The predicted molar refractivity (Wildman–Crippen MR) is 50.1 cm³/mol. The lowest BCUT2D eigenvalue weighted by molar-refractivity contribution is 0.277. The van der Waals surface area contributed by atoms with Gasteiger partial charge in [0.2, 0.25) is 0 Å². The number of aromatic nitrogens is 1. The van der Waals surface area contributed by atoms with E-state index in [0.29, 0.717) is 12.1 Å². The molecule has 0 saturated heterocycles. The second-order valence-corrected chi connectivity index (χ2v) is 3.49. The van der Waals surface area contributed by atoms with E-state index in [-0.39, 0.29) is 18.2 Å². The normalized spacial score (nSPS) is 20.8. The van der Waals surface area contributed by atoms with E-state index in [9.17, 15) is 4.79 Å². The Balaban J connectivity index is 2.21. The molecule has 0 aliphatic heterocycles. The van der Waals surface area contributed by atoms with Crippen LogP contribution in [0.5, 0.6) is 0 Å². The lowest BCUT2D eigenvalue weighted by Gasteiger charge is -2.20. The summed E-state index contributed by atoms with van der Waals surface area (Å²) in [5.74, 6) is 0.761. The maximum Gasteiger partial charge on any atom is 0.284 e. The first-order valence-corrected chi connectivity index (χ1v) is 4.87. The SMILES string of the molecule is O=c1[nH]oc2c1[C@@H](NCCO)CCC2. The molecule has 0 spiro atoms. The smallest absolute Gasteiger partial charge is 0.284 e. The van der Waals surface area contributed by atoms with E-state index >= 15 is 0 Å². The van der Waals surface area contributed by atoms with E-state index in [2.05, 4.69) is 10.5 Å². The highest BCUT2D eigenvalue weighted by Gasteiger charge is 2.25. The molecule has 14 heavy (non-hydrogen) atoms. The number of H-pyrrole nitrogens is 1. The van der Waals surface area contributed by atoms with Gasteiger partial charge >= 0.3 is 0 Å². The lowest BCUT2D eigenvalue weighted by Crippen LogP contribution is -2.30. The van der Waals surface area contributed by atoms with Gasteiger partial charge in [-0.1, -0.05) is 0 Å². The molecule has 1 heterocycles. The zero-order valence-corrected chi connectivity index (χ0v) is 7.88. The molecule has 0 amide bonds. The van der Waals surface area contributed by atoms with Crippen molar-refractivity contribution >= 4 is 0 Å². The minimum Gasteiger partial charge on any atom is -0.395 e. The Hall–Kier alpha value is -1.07. The molecule has 3 N–H and O–H groups in total. The molecule has 0 saturated carbocycles. The molecule has 1 aliphatic carbocycles. The van der Waals surface area contributed by atoms with Gasteiger partial charge in [0.1, 0.15) is 5.76 Å². The molecule has 0 radical (unpaired) electrons. The number of fused-ring (bicyclic) bond motifs is 1. The van der Waals surface area contributed by atoms with Crippen LogP contribution in [0.3, 0.4) is 0 Å². The maximum absolute atomic E-state index is 11.4. The van der Waals surface area contributed by atoms with Crippen molar-refractivity contribution in [3.63, 3.8) is 0 Å². The standard InChI is InChI=1S/C9H14N2O3/c12-5-4-10-6-2-1-3-7-8(6)9(13)11-14-7/h6,10,12H,1-5H2,(H,11,13)/t6-/m0/s1. The van der Waals surface area contributed by atoms with Gasteiger partial charge in [0, 0.05) is 19.0 Å². The van der Waals surface area contributed by atoms with Crippen molar-refractivity contribution in [3.8, 4) is 0 Å². The summed E-state index contributed by atoms with van der Waals surface area (Å²) in [5, 5.41) is 14.2. The van der Waals surface area contributed by atoms with Gasteiger partial charge in [0.05, 0.1) is 12.2 Å². The second kappa shape index (κ2) is 3.98. The van der Waals surface area contributed by atoms with Gasteiger partial charge in [-0.3, -0.25) is 4.79 Å². The van der Waals surface area contributed by atoms with Crippen LogP contribution in [0.2, 0.25) is 0 Å². The highest BCUT2D eigenvalue weighted by molar-refractivity contribution is 5.21. The molecule has 1 aromatic rings. The van der Waals surface area contributed by atoms with E-state index in [1.165, 1.54) is 0 Å². The largest absolute Gasteiger partial charge is 0.395 e. The zero-order chi connectivity index (χ0) is 9.97. The fourth-order valence-corrected chi connectivity index (χ4v) is 1.94. The van der Waals surface area contributed by atoms with Crippen LogP contribution in [0, 0.1) is 0 Å². The first-order valence-electron chi connectivity index (χ1n) is 4.87. The molecule has 0 bridgehead atoms. The topological polar surface area (TPSA) is 78.3 Å². The molecule has 5 nitrogen and oxygen atoms in total. The van der Waals surface area contributed by atoms with Crippen molar-refractivity contribution in [2.24, 2.45) is 0 Å². The Morgan fingerprint density at radius 1 is 1.64 bits per heavy atom. The zero-order valence-electron chi connectivity index (χ0n) is 7.88. The summed E-state index contributed by atoms with van der Waals surface area (Å²) in [4.78, 5) is 11.4. The quantitative estimate of drug-likeness (QED) is 0.635. The van der Waals surface area contributed by atoms with Crippen LogP contribution in [0.1, 0.15) is 30.2 Å². The molecule has 2 rings (SSSR count). The molecule has 5 heteroatoms. The van der Waals surface area contributed by atoms with E-state index in [0.717, 1.165) is 25.0 Å². The fourth-order valence-electron chi connectivity index (χ4n) is 1.94. The van der Waals surface area contributed by atoms with Crippen LogP contribution in [0.15, 0.2) is 9.32 Å². The van der Waals surface area contributed by atoms with Crippen LogP contribution in [-0.2, 0) is 6.42 Å². The minimum atomic E-state index is -0.143. The number of hydrogen-bond acceptors (Lipinski definition) is 4. The fraction of sp³-hybridized carbons (Fsp3) is 0.667. The van der Waals surface area contributed by atoms with Gasteiger partial charge in [-0.2, -0.15) is 5.16 Å². The highest BCUT2D eigenvalue weighted by atomic mass is 16.5. The second-order valence-electron chi connectivity index (χ2n) is 3.49. The van der Waals surface area contributed by atoms with Gasteiger partial charge in [-0.15, -0.1) is 0 Å². The van der Waals surface area contributed by atoms with Crippen molar-refractivity contribution in [2.75, 3.05) is 13.2 Å². The van der Waals surface area contributed by atoms with Crippen LogP contribution >= 0.6 is 0 Å². The van der Waals surface area contributed by atoms with Crippen molar-refractivity contribution in [1.82, 2.24) is 10.5 Å². The highest BCUT2D eigenvalue weighted by Crippen LogP contribution is 2.26. The van der Waals surface area contributed by atoms with E-state index in [4.69, 9.17) is 9.63 Å². The predicted octanol–water partition coefficient (Wildman–Crippen LogP) is -0.0728. The Morgan fingerprint density at radius 2 is 2.50 bits per heavy atom. The third kappa shape index (κ3) is 1.60. The van der Waals surface area contributed by atoms with E-state index < -0.39 is 0 Å². The number of rotatable bonds is 3. The minimum absolute atomic E-state index is 0.0356. The number of aliphatic hydroxyl groups is 1. The van der Waals surface area contributed by atoms with Crippen LogP contribution < -0.4 is 10.9 Å². The summed E-state index contributed by atoms with van der Waals surface area (Å²) in [6.45, 7) is 0.594. The Morgan fingerprint density at radius 3 is 3.29 bits per heavy atom. The number of hydrogen-bond donors (Lipinski definition) is 3. The summed E-state index contributed by atoms with van der Waals surface area (Å²) < 4.78 is 5.06. The molecule has 1 atom stereocenters. The summed E-state index contributed by atoms with van der Waals surface area (Å²) in [6.07, 6.45) is 2.76. The van der Waals surface area contributed by atoms with Crippen molar-refractivity contribution in [3.05, 3.63) is 21.7 Å². The van der Waals surface area contributed by atoms with Gasteiger partial charge in [-0.25, -0.2) is 0 Å². The third-order valence-electron chi connectivity index (χ3n) is 2.56. The Bertz CT molecular complexity index is 355. The average Bonchev–Trinajstić information content (AvgIpc) is 2.58. The van der Waals surface area contributed by atoms with Gasteiger partial charge in [0.25, 0.3) is 5.56 Å². The average molecular weight is 198 g/mol. The number of aryl methyl sites for hydroxylation is 1. The van der Waals surface area contributed by atoms with Crippen molar-refractivity contribution in [2.45, 2.75) is 25.3 Å². The molecule has 1 aliphatic rings. The maximum atomic E-state index is 11.4. The van der Waals surface area contributed by atoms with E-state index in [1.807, 2.05) is 0 Å². The summed E-state index contributed by atoms with van der Waals surface area (Å²) >= 11 is 0. The van der Waals surface area contributed by atoms with Crippen molar-refractivity contribution < 1.29 is 9.63 Å². The molecule has 0 unspecified atom stereocenters. The van der Waals surface area contributed by atoms with Crippen LogP contribution in [-0.4, -0.2) is 23.4 Å². The third-order valence-corrected chi connectivity index (χ3v) is 2.56. The van der Waals surface area contributed by atoms with E-state index in [1.54, 1.807) is 0 Å².